The van der Waals surface area contributed by atoms with Crippen molar-refractivity contribution >= 4 is 24.3 Å². The molecule has 0 aliphatic carbocycles. The van der Waals surface area contributed by atoms with Crippen LogP contribution in [0.5, 0.6) is 0 Å². The predicted molar refractivity (Wildman–Crippen MR) is 48.5 cm³/mol. The van der Waals surface area contributed by atoms with Gasteiger partial charge in [-0.1, -0.05) is 0 Å². The van der Waals surface area contributed by atoms with Crippen LogP contribution in [0.2, 0.25) is 0 Å². The van der Waals surface area contributed by atoms with Crippen LogP contribution >= 0.6 is 12.4 Å². The molecule has 0 aliphatic rings. The Labute approximate surface area is 83.0 Å². The molecule has 0 aromatic carbocycles. The number of hydrogen-bond acceptors (Lipinski definition) is 5. The van der Waals surface area contributed by atoms with Gasteiger partial charge >= 0.3 is 11.9 Å². The maximum absolute atomic E-state index is 10.8. The van der Waals surface area contributed by atoms with E-state index >= 15 is 0 Å². The first-order chi connectivity index (χ1) is 5.63. The molecule has 0 heterocycles. The maximum atomic E-state index is 10.8. The molecule has 0 unspecified atom stereocenters. The van der Waals surface area contributed by atoms with Gasteiger partial charge in [0.2, 0.25) is 6.04 Å². The highest BCUT2D eigenvalue weighted by molar-refractivity contribution is 5.98. The summed E-state index contributed by atoms with van der Waals surface area (Å²) in [5, 5.41) is 0. The monoisotopic (exact) mass is 211 g/mol. The zero-order valence-corrected chi connectivity index (χ0v) is 8.43. The summed E-state index contributed by atoms with van der Waals surface area (Å²) in [7, 11) is 0. The quantitative estimate of drug-likeness (QED) is 0.517. The minimum absolute atomic E-state index is 0. The van der Waals surface area contributed by atoms with Crippen LogP contribution in [0.1, 0.15) is 13.8 Å². The van der Waals surface area contributed by atoms with Crippen molar-refractivity contribution in [2.24, 2.45) is 5.73 Å². The van der Waals surface area contributed by atoms with Gasteiger partial charge in [0.05, 0.1) is 13.2 Å². The first kappa shape index (κ1) is 14.7. The first-order valence-corrected chi connectivity index (χ1v) is 3.72. The van der Waals surface area contributed by atoms with Crippen LogP contribution in [-0.2, 0) is 19.1 Å². The second-order valence-electron chi connectivity index (χ2n) is 1.98. The number of hydrogen-bond donors (Lipinski definition) is 1. The highest BCUT2D eigenvalue weighted by Crippen LogP contribution is 1.89. The van der Waals surface area contributed by atoms with Gasteiger partial charge in [0, 0.05) is 0 Å². The smallest absolute Gasteiger partial charge is 0.334 e. The molecule has 0 bridgehead atoms. The average Bonchev–Trinajstić information content (AvgIpc) is 2.04. The fourth-order valence-corrected chi connectivity index (χ4v) is 0.560. The summed E-state index contributed by atoms with van der Waals surface area (Å²) in [6.45, 7) is 3.67. The van der Waals surface area contributed by atoms with Crippen LogP contribution in [0, 0.1) is 0 Å². The molecular formula is C7H14ClNO4. The van der Waals surface area contributed by atoms with E-state index in [1.807, 2.05) is 0 Å². The number of ether oxygens (including phenoxy) is 2. The van der Waals surface area contributed by atoms with E-state index in [1.165, 1.54) is 0 Å². The number of nitrogens with two attached hydrogens (primary N) is 1. The van der Waals surface area contributed by atoms with E-state index in [4.69, 9.17) is 5.73 Å². The van der Waals surface area contributed by atoms with Crippen molar-refractivity contribution in [2.45, 2.75) is 19.9 Å². The fourth-order valence-electron chi connectivity index (χ4n) is 0.560. The minimum atomic E-state index is -1.31. The standard InChI is InChI=1S/C7H13NO4.ClH/c1-3-11-6(9)5(8)7(10)12-4-2;/h5H,3-4,8H2,1-2H3;1H. The van der Waals surface area contributed by atoms with Crippen LogP contribution in [0.15, 0.2) is 0 Å². The first-order valence-electron chi connectivity index (χ1n) is 3.72. The van der Waals surface area contributed by atoms with Crippen molar-refractivity contribution in [1.82, 2.24) is 0 Å². The Balaban J connectivity index is 0. The Morgan fingerprint density at radius 2 is 1.46 bits per heavy atom. The third-order valence-corrected chi connectivity index (χ3v) is 1.08. The molecule has 0 saturated carbocycles. The van der Waals surface area contributed by atoms with Crippen molar-refractivity contribution < 1.29 is 19.1 Å². The summed E-state index contributed by atoms with van der Waals surface area (Å²) in [6, 6.07) is -1.31. The van der Waals surface area contributed by atoms with E-state index in [1.54, 1.807) is 13.8 Å². The van der Waals surface area contributed by atoms with Gasteiger partial charge in [0.1, 0.15) is 0 Å². The molecule has 0 atom stereocenters. The van der Waals surface area contributed by atoms with Gasteiger partial charge in [0.15, 0.2) is 0 Å². The minimum Gasteiger partial charge on any atom is -0.464 e. The van der Waals surface area contributed by atoms with E-state index in [2.05, 4.69) is 9.47 Å². The molecule has 13 heavy (non-hydrogen) atoms. The molecule has 0 fully saturated rings. The molecule has 0 amide bonds. The Bertz CT molecular complexity index is 156. The highest BCUT2D eigenvalue weighted by Gasteiger charge is 2.24. The molecule has 0 aromatic rings. The van der Waals surface area contributed by atoms with Gasteiger partial charge in [-0.25, -0.2) is 9.59 Å². The van der Waals surface area contributed by atoms with Gasteiger partial charge < -0.3 is 15.2 Å². The Morgan fingerprint density at radius 1 is 1.15 bits per heavy atom. The van der Waals surface area contributed by atoms with Crippen LogP contribution in [0.25, 0.3) is 0 Å². The lowest BCUT2D eigenvalue weighted by Crippen LogP contribution is -2.41. The molecule has 0 rings (SSSR count). The Kier molecular flexibility index (Phi) is 8.84. The van der Waals surface area contributed by atoms with Gasteiger partial charge in [0.25, 0.3) is 0 Å². The third kappa shape index (κ3) is 5.43. The van der Waals surface area contributed by atoms with Gasteiger partial charge in [-0.05, 0) is 13.8 Å². The van der Waals surface area contributed by atoms with Crippen molar-refractivity contribution in [2.75, 3.05) is 13.2 Å². The van der Waals surface area contributed by atoms with Gasteiger partial charge in [-0.15, -0.1) is 12.4 Å². The number of rotatable bonds is 4. The Hall–Kier alpha value is -0.810. The number of carbonyl (C=O) groups is 2. The fraction of sp³-hybridized carbons (Fsp3) is 0.714. The molecule has 0 spiro atoms. The highest BCUT2D eigenvalue weighted by atomic mass is 35.5. The van der Waals surface area contributed by atoms with E-state index in [0.29, 0.717) is 0 Å². The SMILES string of the molecule is CCOC(=O)C(N)C(=O)OCC.Cl. The van der Waals surface area contributed by atoms with E-state index < -0.39 is 18.0 Å². The van der Waals surface area contributed by atoms with Crippen LogP contribution < -0.4 is 5.73 Å². The van der Waals surface area contributed by atoms with Gasteiger partial charge in [-0.2, -0.15) is 0 Å². The third-order valence-electron chi connectivity index (χ3n) is 1.08. The summed E-state index contributed by atoms with van der Waals surface area (Å²) in [4.78, 5) is 21.6. The normalized spacial score (nSPS) is 8.92. The zero-order chi connectivity index (χ0) is 9.56. The molecule has 78 valence electrons. The second kappa shape index (κ2) is 7.82. The predicted octanol–water partition coefficient (Wildman–Crippen LogP) is -0.138. The Morgan fingerprint density at radius 3 is 1.69 bits per heavy atom. The molecule has 0 aliphatic heterocycles. The number of esters is 2. The lowest BCUT2D eigenvalue weighted by Gasteiger charge is -2.08. The van der Waals surface area contributed by atoms with E-state index in [9.17, 15) is 9.59 Å². The van der Waals surface area contributed by atoms with Crippen molar-refractivity contribution in [3.63, 3.8) is 0 Å². The molecule has 6 heteroatoms. The lowest BCUT2D eigenvalue weighted by atomic mass is 10.3. The van der Waals surface area contributed by atoms with Crippen molar-refractivity contribution in [3.8, 4) is 0 Å². The molecule has 0 aromatic heterocycles. The van der Waals surface area contributed by atoms with E-state index in [-0.39, 0.29) is 25.6 Å². The summed E-state index contributed by atoms with van der Waals surface area (Å²) in [5.74, 6) is -1.51. The summed E-state index contributed by atoms with van der Waals surface area (Å²) in [5.41, 5.74) is 5.18. The van der Waals surface area contributed by atoms with Crippen LogP contribution in [0.3, 0.4) is 0 Å². The molecule has 5 nitrogen and oxygen atoms in total. The largest absolute Gasteiger partial charge is 0.464 e. The number of halogens is 1. The van der Waals surface area contributed by atoms with Crippen molar-refractivity contribution in [1.29, 1.82) is 0 Å². The van der Waals surface area contributed by atoms with E-state index in [0.717, 1.165) is 0 Å². The second-order valence-corrected chi connectivity index (χ2v) is 1.98. The molecular weight excluding hydrogens is 198 g/mol. The number of carbonyl (C=O) groups excluding carboxylic acids is 2. The topological polar surface area (TPSA) is 78.6 Å². The van der Waals surface area contributed by atoms with Gasteiger partial charge in [-0.3, -0.25) is 0 Å². The molecule has 0 radical (unpaired) electrons. The maximum Gasteiger partial charge on any atom is 0.334 e. The summed E-state index contributed by atoms with van der Waals surface area (Å²) < 4.78 is 9.01. The molecule has 0 saturated heterocycles. The summed E-state index contributed by atoms with van der Waals surface area (Å²) >= 11 is 0. The van der Waals surface area contributed by atoms with Crippen LogP contribution in [0.4, 0.5) is 0 Å². The van der Waals surface area contributed by atoms with Crippen molar-refractivity contribution in [3.05, 3.63) is 0 Å². The summed E-state index contributed by atoms with van der Waals surface area (Å²) in [6.07, 6.45) is 0. The molecule has 2 N–H and O–H groups in total. The zero-order valence-electron chi connectivity index (χ0n) is 7.61. The van der Waals surface area contributed by atoms with Crippen LogP contribution in [-0.4, -0.2) is 31.2 Å². The average molecular weight is 212 g/mol. The lowest BCUT2D eigenvalue weighted by molar-refractivity contribution is -0.156.